The van der Waals surface area contributed by atoms with E-state index in [4.69, 9.17) is 4.42 Å². The number of furan rings is 1. The summed E-state index contributed by atoms with van der Waals surface area (Å²) in [6.45, 7) is 4.66. The van der Waals surface area contributed by atoms with Gasteiger partial charge in [-0.05, 0) is 45.2 Å². The van der Waals surface area contributed by atoms with Crippen molar-refractivity contribution in [3.63, 3.8) is 0 Å². The number of amides is 1. The van der Waals surface area contributed by atoms with E-state index in [9.17, 15) is 4.79 Å². The molecule has 6 heteroatoms. The van der Waals surface area contributed by atoms with Crippen molar-refractivity contribution in [3.8, 4) is 0 Å². The number of carbonyl (C=O) groups is 1. The molecule has 0 radical (unpaired) electrons. The lowest BCUT2D eigenvalue weighted by atomic mass is 10.2. The Hall–Kier alpha value is -1.98. The van der Waals surface area contributed by atoms with Gasteiger partial charge in [0.2, 0.25) is 5.91 Å². The van der Waals surface area contributed by atoms with Gasteiger partial charge in [-0.1, -0.05) is 0 Å². The summed E-state index contributed by atoms with van der Waals surface area (Å²) in [5, 5.41) is 9.48. The molecule has 1 fully saturated rings. The minimum atomic E-state index is 0.0399. The lowest BCUT2D eigenvalue weighted by Crippen LogP contribution is -2.39. The summed E-state index contributed by atoms with van der Waals surface area (Å²) in [6, 6.07) is 4.38. The second-order valence-corrected chi connectivity index (χ2v) is 5.76. The zero-order valence-electron chi connectivity index (χ0n) is 13.6. The molecule has 122 valence electrons. The van der Waals surface area contributed by atoms with Crippen molar-refractivity contribution in [2.24, 2.45) is 4.99 Å². The number of hydrogen-bond donors (Lipinski definition) is 3. The first-order valence-corrected chi connectivity index (χ1v) is 7.91. The molecule has 1 aliphatic rings. The van der Waals surface area contributed by atoms with Gasteiger partial charge >= 0.3 is 0 Å². The fourth-order valence-electron chi connectivity index (χ4n) is 2.14. The number of carbonyl (C=O) groups excluding carboxylic acids is 1. The molecule has 6 nitrogen and oxygen atoms in total. The molecule has 0 aliphatic heterocycles. The van der Waals surface area contributed by atoms with Gasteiger partial charge in [-0.2, -0.15) is 0 Å². The fraction of sp³-hybridized carbons (Fsp3) is 0.625. The zero-order valence-corrected chi connectivity index (χ0v) is 13.6. The lowest BCUT2D eigenvalue weighted by molar-refractivity contribution is -0.121. The molecule has 0 bridgehead atoms. The van der Waals surface area contributed by atoms with E-state index in [-0.39, 0.29) is 11.9 Å². The Morgan fingerprint density at radius 1 is 1.45 bits per heavy atom. The molecular formula is C16H26N4O2. The highest BCUT2D eigenvalue weighted by Gasteiger charge is 2.22. The van der Waals surface area contributed by atoms with Crippen LogP contribution in [0.3, 0.4) is 0 Å². The van der Waals surface area contributed by atoms with Crippen molar-refractivity contribution in [3.05, 3.63) is 23.7 Å². The highest BCUT2D eigenvalue weighted by atomic mass is 16.3. The number of nitrogens with one attached hydrogen (secondary N) is 3. The summed E-state index contributed by atoms with van der Waals surface area (Å²) in [6.07, 6.45) is 3.59. The van der Waals surface area contributed by atoms with Gasteiger partial charge in [0.1, 0.15) is 11.5 Å². The minimum Gasteiger partial charge on any atom is -0.464 e. The van der Waals surface area contributed by atoms with Crippen LogP contribution in [0.4, 0.5) is 0 Å². The first-order chi connectivity index (χ1) is 10.6. The summed E-state index contributed by atoms with van der Waals surface area (Å²) >= 11 is 0. The molecule has 1 heterocycles. The van der Waals surface area contributed by atoms with E-state index >= 15 is 0 Å². The van der Waals surface area contributed by atoms with E-state index < -0.39 is 0 Å². The minimum absolute atomic E-state index is 0.0399. The van der Waals surface area contributed by atoms with Gasteiger partial charge in [0.25, 0.3) is 0 Å². The largest absolute Gasteiger partial charge is 0.464 e. The molecular weight excluding hydrogens is 280 g/mol. The molecule has 22 heavy (non-hydrogen) atoms. The third-order valence-corrected chi connectivity index (χ3v) is 3.58. The Balaban J connectivity index is 1.65. The van der Waals surface area contributed by atoms with Crippen molar-refractivity contribution in [1.29, 1.82) is 0 Å². The van der Waals surface area contributed by atoms with Crippen LogP contribution in [-0.4, -0.2) is 31.5 Å². The van der Waals surface area contributed by atoms with E-state index in [2.05, 4.69) is 20.9 Å². The molecule has 1 unspecified atom stereocenters. The van der Waals surface area contributed by atoms with Crippen LogP contribution in [0.1, 0.15) is 50.2 Å². The van der Waals surface area contributed by atoms with Gasteiger partial charge in [0.15, 0.2) is 5.96 Å². The normalized spacial score (nSPS) is 16.2. The van der Waals surface area contributed by atoms with Gasteiger partial charge in [-0.3, -0.25) is 9.79 Å². The van der Waals surface area contributed by atoms with Gasteiger partial charge in [-0.25, -0.2) is 0 Å². The van der Waals surface area contributed by atoms with E-state index in [1.165, 1.54) is 0 Å². The van der Waals surface area contributed by atoms with Crippen molar-refractivity contribution in [1.82, 2.24) is 16.0 Å². The quantitative estimate of drug-likeness (QED) is 0.408. The standard InChI is InChI=1S/C16H26N4O2/c1-11-6-9-14(22-11)12(2)19-16(17-3)18-10-4-5-15(21)20-13-7-8-13/h6,9,12-13H,4-5,7-8,10H2,1-3H3,(H,20,21)(H2,17,18,19). The molecule has 3 N–H and O–H groups in total. The number of hydrogen-bond acceptors (Lipinski definition) is 3. The second kappa shape index (κ2) is 7.87. The topological polar surface area (TPSA) is 78.7 Å². The molecule has 1 aromatic rings. The summed E-state index contributed by atoms with van der Waals surface area (Å²) in [7, 11) is 1.73. The maximum atomic E-state index is 11.6. The Kier molecular flexibility index (Phi) is 5.86. The van der Waals surface area contributed by atoms with Gasteiger partial charge in [-0.15, -0.1) is 0 Å². The third-order valence-electron chi connectivity index (χ3n) is 3.58. The summed E-state index contributed by atoms with van der Waals surface area (Å²) in [4.78, 5) is 15.8. The fourth-order valence-corrected chi connectivity index (χ4v) is 2.14. The van der Waals surface area contributed by atoms with Crippen molar-refractivity contribution in [2.45, 2.75) is 51.6 Å². The summed E-state index contributed by atoms with van der Waals surface area (Å²) < 4.78 is 5.59. The molecule has 0 spiro atoms. The van der Waals surface area contributed by atoms with E-state index in [0.717, 1.165) is 30.8 Å². The summed E-state index contributed by atoms with van der Waals surface area (Å²) in [5.41, 5.74) is 0. The number of nitrogens with zero attached hydrogens (tertiary/aromatic N) is 1. The lowest BCUT2D eigenvalue weighted by Gasteiger charge is -2.16. The summed E-state index contributed by atoms with van der Waals surface area (Å²) in [5.74, 6) is 2.63. The molecule has 1 aromatic heterocycles. The Morgan fingerprint density at radius 2 is 2.23 bits per heavy atom. The number of rotatable bonds is 7. The van der Waals surface area contributed by atoms with Gasteiger partial charge in [0.05, 0.1) is 6.04 Å². The first-order valence-electron chi connectivity index (χ1n) is 7.91. The zero-order chi connectivity index (χ0) is 15.9. The smallest absolute Gasteiger partial charge is 0.220 e. The first kappa shape index (κ1) is 16.4. The number of aliphatic imine (C=N–C) groups is 1. The van der Waals surface area contributed by atoms with E-state index in [1.54, 1.807) is 7.05 Å². The molecule has 1 atom stereocenters. The average Bonchev–Trinajstić information content (AvgIpc) is 3.19. The highest BCUT2D eigenvalue weighted by molar-refractivity contribution is 5.80. The van der Waals surface area contributed by atoms with Crippen LogP contribution in [0.25, 0.3) is 0 Å². The second-order valence-electron chi connectivity index (χ2n) is 5.76. The maximum Gasteiger partial charge on any atom is 0.220 e. The van der Waals surface area contributed by atoms with Crippen LogP contribution < -0.4 is 16.0 Å². The van der Waals surface area contributed by atoms with Gasteiger partial charge < -0.3 is 20.4 Å². The van der Waals surface area contributed by atoms with Crippen molar-refractivity contribution in [2.75, 3.05) is 13.6 Å². The molecule has 1 saturated carbocycles. The SMILES string of the molecule is CN=C(NCCCC(=O)NC1CC1)NC(C)c1ccc(C)o1. The maximum absolute atomic E-state index is 11.6. The van der Waals surface area contributed by atoms with Crippen molar-refractivity contribution >= 4 is 11.9 Å². The highest BCUT2D eigenvalue weighted by Crippen LogP contribution is 2.18. The Labute approximate surface area is 131 Å². The van der Waals surface area contributed by atoms with Gasteiger partial charge in [0, 0.05) is 26.1 Å². The van der Waals surface area contributed by atoms with Crippen LogP contribution in [0.2, 0.25) is 0 Å². The third kappa shape index (κ3) is 5.42. The van der Waals surface area contributed by atoms with E-state index in [1.807, 2.05) is 26.0 Å². The molecule has 1 amide bonds. The molecule has 2 rings (SSSR count). The van der Waals surface area contributed by atoms with Crippen LogP contribution >= 0.6 is 0 Å². The Morgan fingerprint density at radius 3 is 2.82 bits per heavy atom. The number of guanidine groups is 1. The monoisotopic (exact) mass is 306 g/mol. The van der Waals surface area contributed by atoms with Crippen LogP contribution in [-0.2, 0) is 4.79 Å². The van der Waals surface area contributed by atoms with Crippen LogP contribution in [0.5, 0.6) is 0 Å². The number of aryl methyl sites for hydroxylation is 1. The Bertz CT molecular complexity index is 520. The molecule has 0 saturated heterocycles. The van der Waals surface area contributed by atoms with E-state index in [0.29, 0.717) is 25.0 Å². The predicted molar refractivity (Wildman–Crippen MR) is 86.8 cm³/mol. The average molecular weight is 306 g/mol. The molecule has 0 aromatic carbocycles. The predicted octanol–water partition coefficient (Wildman–Crippen LogP) is 1.87. The van der Waals surface area contributed by atoms with Crippen molar-refractivity contribution < 1.29 is 9.21 Å². The molecule has 1 aliphatic carbocycles. The van der Waals surface area contributed by atoms with Crippen LogP contribution in [0, 0.1) is 6.92 Å². The van der Waals surface area contributed by atoms with Crippen LogP contribution in [0.15, 0.2) is 21.5 Å².